The summed E-state index contributed by atoms with van der Waals surface area (Å²) in [5, 5.41) is 0.386. The van der Waals surface area contributed by atoms with Crippen molar-refractivity contribution in [2.24, 2.45) is 0 Å². The van der Waals surface area contributed by atoms with E-state index in [1.807, 2.05) is 19.9 Å². The maximum Gasteiger partial charge on any atom is 0.263 e. The van der Waals surface area contributed by atoms with Crippen LogP contribution in [0.2, 0.25) is 0 Å². The predicted octanol–water partition coefficient (Wildman–Crippen LogP) is 2.71. The number of sulfonamides is 1. The molecule has 7 heteroatoms. The number of aromatic nitrogens is 1. The van der Waals surface area contributed by atoms with Gasteiger partial charge in [-0.3, -0.25) is 4.72 Å². The Hall–Kier alpha value is -1.44. The highest BCUT2D eigenvalue weighted by atomic mass is 32.2. The zero-order valence-electron chi connectivity index (χ0n) is 11.5. The van der Waals surface area contributed by atoms with Gasteiger partial charge in [0.1, 0.15) is 0 Å². The van der Waals surface area contributed by atoms with Crippen molar-refractivity contribution in [1.82, 2.24) is 4.98 Å². The summed E-state index contributed by atoms with van der Waals surface area (Å²) in [6, 6.07) is 6.66. The molecule has 0 aliphatic carbocycles. The molecule has 0 saturated heterocycles. The molecule has 2 aromatic rings. The van der Waals surface area contributed by atoms with Gasteiger partial charge in [0, 0.05) is 12.0 Å². The zero-order chi connectivity index (χ0) is 14.8. The molecule has 5 nitrogen and oxygen atoms in total. The molecule has 0 fully saturated rings. The van der Waals surface area contributed by atoms with Crippen LogP contribution in [-0.4, -0.2) is 20.5 Å². The molecule has 0 spiro atoms. The van der Waals surface area contributed by atoms with Crippen LogP contribution in [0.1, 0.15) is 16.1 Å². The number of thiazole rings is 1. The van der Waals surface area contributed by atoms with Gasteiger partial charge in [-0.2, -0.15) is 0 Å². The average molecular weight is 312 g/mol. The molecular formula is C13H16N2O3S2. The first kappa shape index (κ1) is 15.0. The van der Waals surface area contributed by atoms with E-state index in [1.54, 1.807) is 25.3 Å². The number of nitrogens with zero attached hydrogens (tertiary/aromatic N) is 1. The third-order valence-electron chi connectivity index (χ3n) is 2.77. The number of ether oxygens (including phenoxy) is 1. The summed E-state index contributed by atoms with van der Waals surface area (Å²) in [5.74, 6) is 0. The van der Waals surface area contributed by atoms with Gasteiger partial charge in [0.05, 0.1) is 17.2 Å². The zero-order valence-corrected chi connectivity index (χ0v) is 13.1. The van der Waals surface area contributed by atoms with Crippen molar-refractivity contribution in [1.29, 1.82) is 0 Å². The van der Waals surface area contributed by atoms with Crippen LogP contribution in [0.15, 0.2) is 29.2 Å². The second-order valence-corrected chi connectivity index (χ2v) is 7.23. The first-order valence-electron chi connectivity index (χ1n) is 5.97. The van der Waals surface area contributed by atoms with Gasteiger partial charge in [-0.25, -0.2) is 13.4 Å². The molecule has 0 bridgehead atoms. The lowest BCUT2D eigenvalue weighted by Crippen LogP contribution is -2.13. The van der Waals surface area contributed by atoms with Gasteiger partial charge >= 0.3 is 0 Å². The van der Waals surface area contributed by atoms with Crippen LogP contribution in [0, 0.1) is 13.8 Å². The SMILES string of the molecule is COCc1cccc(S(=O)(=O)Nc2nc(C)c(C)s2)c1. The Labute approximate surface area is 122 Å². The molecule has 1 aromatic heterocycles. The van der Waals surface area contributed by atoms with Crippen LogP contribution in [0.4, 0.5) is 5.13 Å². The van der Waals surface area contributed by atoms with Crippen molar-refractivity contribution in [3.05, 3.63) is 40.4 Å². The molecule has 108 valence electrons. The first-order valence-corrected chi connectivity index (χ1v) is 8.27. The van der Waals surface area contributed by atoms with E-state index in [1.165, 1.54) is 11.3 Å². The van der Waals surface area contributed by atoms with Gasteiger partial charge in [0.2, 0.25) is 0 Å². The Morgan fingerprint density at radius 1 is 1.35 bits per heavy atom. The van der Waals surface area contributed by atoms with Crippen LogP contribution in [-0.2, 0) is 21.4 Å². The number of aryl methyl sites for hydroxylation is 2. The van der Waals surface area contributed by atoms with Gasteiger partial charge in [-0.05, 0) is 31.5 Å². The van der Waals surface area contributed by atoms with E-state index >= 15 is 0 Å². The van der Waals surface area contributed by atoms with Crippen molar-refractivity contribution < 1.29 is 13.2 Å². The number of nitrogens with one attached hydrogen (secondary N) is 1. The van der Waals surface area contributed by atoms with E-state index in [-0.39, 0.29) is 4.90 Å². The van der Waals surface area contributed by atoms with Crippen molar-refractivity contribution in [2.45, 2.75) is 25.3 Å². The first-order chi connectivity index (χ1) is 9.42. The molecule has 0 aliphatic rings. The molecule has 0 atom stereocenters. The van der Waals surface area contributed by atoms with Crippen LogP contribution in [0.3, 0.4) is 0 Å². The van der Waals surface area contributed by atoms with E-state index in [2.05, 4.69) is 9.71 Å². The molecular weight excluding hydrogens is 296 g/mol. The number of hydrogen-bond donors (Lipinski definition) is 1. The molecule has 0 unspecified atom stereocenters. The molecule has 0 saturated carbocycles. The Morgan fingerprint density at radius 3 is 2.70 bits per heavy atom. The second-order valence-electron chi connectivity index (χ2n) is 4.35. The number of benzene rings is 1. The van der Waals surface area contributed by atoms with Crippen LogP contribution < -0.4 is 4.72 Å². The molecule has 2 rings (SSSR count). The summed E-state index contributed by atoms with van der Waals surface area (Å²) in [7, 11) is -2.05. The monoisotopic (exact) mass is 312 g/mol. The smallest absolute Gasteiger partial charge is 0.263 e. The number of rotatable bonds is 5. The molecule has 1 aromatic carbocycles. The van der Waals surface area contributed by atoms with Gasteiger partial charge in [-0.15, -0.1) is 11.3 Å². The maximum absolute atomic E-state index is 12.3. The van der Waals surface area contributed by atoms with E-state index in [0.29, 0.717) is 11.7 Å². The number of hydrogen-bond acceptors (Lipinski definition) is 5. The fraction of sp³-hybridized carbons (Fsp3) is 0.308. The van der Waals surface area contributed by atoms with Crippen molar-refractivity contribution in [3.63, 3.8) is 0 Å². The largest absolute Gasteiger partial charge is 0.380 e. The minimum atomic E-state index is -3.62. The third-order valence-corrected chi connectivity index (χ3v) is 5.22. The van der Waals surface area contributed by atoms with E-state index in [0.717, 1.165) is 16.1 Å². The summed E-state index contributed by atoms with van der Waals surface area (Å²) in [6.45, 7) is 4.13. The van der Waals surface area contributed by atoms with E-state index in [4.69, 9.17) is 4.74 Å². The average Bonchev–Trinajstić information content (AvgIpc) is 2.68. The van der Waals surface area contributed by atoms with Gasteiger partial charge in [0.25, 0.3) is 10.0 Å². The van der Waals surface area contributed by atoms with E-state index in [9.17, 15) is 8.42 Å². The maximum atomic E-state index is 12.3. The Balaban J connectivity index is 2.28. The van der Waals surface area contributed by atoms with Crippen LogP contribution in [0.25, 0.3) is 0 Å². The predicted molar refractivity (Wildman–Crippen MR) is 79.6 cm³/mol. The topological polar surface area (TPSA) is 68.3 Å². The third kappa shape index (κ3) is 3.36. The standard InChI is InChI=1S/C13H16N2O3S2/c1-9-10(2)19-13(14-9)15-20(16,17)12-6-4-5-11(7-12)8-18-3/h4-7H,8H2,1-3H3,(H,14,15). The molecule has 1 heterocycles. The van der Waals surface area contributed by atoms with Crippen LogP contribution in [0.5, 0.6) is 0 Å². The summed E-state index contributed by atoms with van der Waals surface area (Å²) in [6.07, 6.45) is 0. The summed E-state index contributed by atoms with van der Waals surface area (Å²) >= 11 is 1.32. The molecule has 0 amide bonds. The lowest BCUT2D eigenvalue weighted by molar-refractivity contribution is 0.184. The Bertz CT molecular complexity index is 689. The Kier molecular flexibility index (Phi) is 4.42. The normalized spacial score (nSPS) is 11.6. The minimum absolute atomic E-state index is 0.206. The van der Waals surface area contributed by atoms with Crippen molar-refractivity contribution in [3.8, 4) is 0 Å². The van der Waals surface area contributed by atoms with Gasteiger partial charge in [-0.1, -0.05) is 12.1 Å². The van der Waals surface area contributed by atoms with Crippen molar-refractivity contribution >= 4 is 26.5 Å². The molecule has 0 radical (unpaired) electrons. The van der Waals surface area contributed by atoms with Crippen LogP contribution >= 0.6 is 11.3 Å². The number of methoxy groups -OCH3 is 1. The van der Waals surface area contributed by atoms with Crippen molar-refractivity contribution in [2.75, 3.05) is 11.8 Å². The highest BCUT2D eigenvalue weighted by molar-refractivity contribution is 7.93. The molecule has 1 N–H and O–H groups in total. The van der Waals surface area contributed by atoms with Gasteiger partial charge in [0.15, 0.2) is 5.13 Å². The number of anilines is 1. The molecule has 0 aliphatic heterocycles. The summed E-state index contributed by atoms with van der Waals surface area (Å²) < 4.78 is 32.1. The Morgan fingerprint density at radius 2 is 2.10 bits per heavy atom. The minimum Gasteiger partial charge on any atom is -0.380 e. The lowest BCUT2D eigenvalue weighted by Gasteiger charge is -2.07. The fourth-order valence-corrected chi connectivity index (χ4v) is 3.78. The van der Waals surface area contributed by atoms with E-state index < -0.39 is 10.0 Å². The fourth-order valence-electron chi connectivity index (χ4n) is 1.66. The highest BCUT2D eigenvalue weighted by Gasteiger charge is 2.17. The quantitative estimate of drug-likeness (QED) is 0.921. The van der Waals surface area contributed by atoms with Gasteiger partial charge < -0.3 is 4.74 Å². The lowest BCUT2D eigenvalue weighted by atomic mass is 10.2. The second kappa shape index (κ2) is 5.90. The molecule has 20 heavy (non-hydrogen) atoms. The summed E-state index contributed by atoms with van der Waals surface area (Å²) in [5.41, 5.74) is 1.64. The highest BCUT2D eigenvalue weighted by Crippen LogP contribution is 2.24. The summed E-state index contributed by atoms with van der Waals surface area (Å²) in [4.78, 5) is 5.39.